The Labute approximate surface area is 95.4 Å². The second-order valence-corrected chi connectivity index (χ2v) is 3.78. The third kappa shape index (κ3) is 2.77. The lowest BCUT2D eigenvalue weighted by Gasteiger charge is -2.21. The predicted octanol–water partition coefficient (Wildman–Crippen LogP) is 2.30. The highest BCUT2D eigenvalue weighted by Crippen LogP contribution is 2.30. The van der Waals surface area contributed by atoms with Crippen LogP contribution in [0.2, 0.25) is 0 Å². The van der Waals surface area contributed by atoms with Crippen LogP contribution in [0.1, 0.15) is 24.2 Å². The lowest BCUT2D eigenvalue weighted by atomic mass is 10.1. The van der Waals surface area contributed by atoms with Gasteiger partial charge in [0.1, 0.15) is 6.29 Å². The van der Waals surface area contributed by atoms with Crippen LogP contribution in [-0.2, 0) is 0 Å². The highest BCUT2D eigenvalue weighted by molar-refractivity contribution is 5.76. The molecular formula is C13H14O3. The topological polar surface area (TPSA) is 35.5 Å². The Morgan fingerprint density at radius 2 is 2.06 bits per heavy atom. The van der Waals surface area contributed by atoms with Gasteiger partial charge in [-0.3, -0.25) is 4.79 Å². The van der Waals surface area contributed by atoms with Gasteiger partial charge in [0, 0.05) is 5.56 Å². The first kappa shape index (κ1) is 12.1. The molecule has 0 aromatic heterocycles. The Hall–Kier alpha value is -1.95. The summed E-state index contributed by atoms with van der Waals surface area (Å²) in [6, 6.07) is 4.92. The first-order valence-electron chi connectivity index (χ1n) is 4.82. The summed E-state index contributed by atoms with van der Waals surface area (Å²) in [7, 11) is 1.51. The number of ether oxygens (including phenoxy) is 2. The van der Waals surface area contributed by atoms with Crippen LogP contribution in [0.3, 0.4) is 0 Å². The van der Waals surface area contributed by atoms with E-state index < -0.39 is 5.60 Å². The molecule has 0 aliphatic rings. The van der Waals surface area contributed by atoms with Crippen LogP contribution in [0, 0.1) is 12.3 Å². The second kappa shape index (κ2) is 4.71. The van der Waals surface area contributed by atoms with E-state index >= 15 is 0 Å². The Bertz CT molecular complexity index is 427. The number of hydrogen-bond donors (Lipinski definition) is 0. The van der Waals surface area contributed by atoms with Crippen LogP contribution < -0.4 is 9.47 Å². The zero-order valence-electron chi connectivity index (χ0n) is 9.61. The van der Waals surface area contributed by atoms with Crippen molar-refractivity contribution in [3.05, 3.63) is 23.8 Å². The van der Waals surface area contributed by atoms with Gasteiger partial charge in [0.25, 0.3) is 0 Å². The van der Waals surface area contributed by atoms with Crippen LogP contribution in [0.4, 0.5) is 0 Å². The molecule has 1 aromatic rings. The van der Waals surface area contributed by atoms with E-state index in [4.69, 9.17) is 15.9 Å². The van der Waals surface area contributed by atoms with Crippen molar-refractivity contribution in [2.24, 2.45) is 0 Å². The average molecular weight is 218 g/mol. The van der Waals surface area contributed by atoms with Crippen LogP contribution in [0.25, 0.3) is 0 Å². The summed E-state index contributed by atoms with van der Waals surface area (Å²) in [6.45, 7) is 3.56. The number of rotatable bonds is 4. The van der Waals surface area contributed by atoms with E-state index in [0.717, 1.165) is 6.29 Å². The predicted molar refractivity (Wildman–Crippen MR) is 61.9 cm³/mol. The van der Waals surface area contributed by atoms with E-state index in [1.54, 1.807) is 32.0 Å². The number of benzene rings is 1. The van der Waals surface area contributed by atoms with Crippen LogP contribution >= 0.6 is 0 Å². The standard InChI is InChI=1S/C13H14O3/c1-5-13(2,3)16-11-7-6-10(9-14)8-12(11)15-4/h1,6-9H,2-4H3. The number of carbonyl (C=O) groups excluding carboxylic acids is 1. The van der Waals surface area contributed by atoms with E-state index in [0.29, 0.717) is 17.1 Å². The maximum Gasteiger partial charge on any atom is 0.163 e. The number of carbonyl (C=O) groups is 1. The molecule has 0 atom stereocenters. The Morgan fingerprint density at radius 3 is 2.56 bits per heavy atom. The quantitative estimate of drug-likeness (QED) is 0.574. The molecule has 0 saturated carbocycles. The van der Waals surface area contributed by atoms with Gasteiger partial charge in [-0.05, 0) is 32.0 Å². The van der Waals surface area contributed by atoms with E-state index in [9.17, 15) is 4.79 Å². The first-order valence-corrected chi connectivity index (χ1v) is 4.82. The highest BCUT2D eigenvalue weighted by Gasteiger charge is 2.18. The van der Waals surface area contributed by atoms with E-state index in [2.05, 4.69) is 5.92 Å². The minimum absolute atomic E-state index is 0.493. The fourth-order valence-electron chi connectivity index (χ4n) is 1.15. The molecule has 0 spiro atoms. The summed E-state index contributed by atoms with van der Waals surface area (Å²) in [4.78, 5) is 10.6. The van der Waals surface area contributed by atoms with Crippen molar-refractivity contribution in [1.82, 2.24) is 0 Å². The largest absolute Gasteiger partial charge is 0.493 e. The van der Waals surface area contributed by atoms with Crippen molar-refractivity contribution < 1.29 is 14.3 Å². The maximum atomic E-state index is 10.6. The van der Waals surface area contributed by atoms with Gasteiger partial charge in [-0.15, -0.1) is 6.42 Å². The van der Waals surface area contributed by atoms with E-state index in [1.165, 1.54) is 7.11 Å². The van der Waals surface area contributed by atoms with Gasteiger partial charge in [-0.1, -0.05) is 5.92 Å². The van der Waals surface area contributed by atoms with Gasteiger partial charge in [0.05, 0.1) is 7.11 Å². The fourth-order valence-corrected chi connectivity index (χ4v) is 1.15. The van der Waals surface area contributed by atoms with Gasteiger partial charge in [0.2, 0.25) is 0 Å². The minimum Gasteiger partial charge on any atom is -0.493 e. The molecule has 3 heteroatoms. The number of hydrogen-bond acceptors (Lipinski definition) is 3. The molecule has 0 radical (unpaired) electrons. The zero-order valence-corrected chi connectivity index (χ0v) is 9.61. The van der Waals surface area contributed by atoms with Crippen LogP contribution in [-0.4, -0.2) is 19.0 Å². The zero-order chi connectivity index (χ0) is 12.2. The van der Waals surface area contributed by atoms with Crippen LogP contribution in [0.15, 0.2) is 18.2 Å². The third-order valence-corrected chi connectivity index (χ3v) is 2.04. The molecule has 0 unspecified atom stereocenters. The summed E-state index contributed by atoms with van der Waals surface area (Å²) in [6.07, 6.45) is 6.08. The maximum absolute atomic E-state index is 10.6. The summed E-state index contributed by atoms with van der Waals surface area (Å²) in [5, 5.41) is 0. The molecule has 0 heterocycles. The average Bonchev–Trinajstić information content (AvgIpc) is 2.29. The number of aldehydes is 1. The fraction of sp³-hybridized carbons (Fsp3) is 0.308. The van der Waals surface area contributed by atoms with Crippen molar-refractivity contribution in [2.45, 2.75) is 19.4 Å². The third-order valence-electron chi connectivity index (χ3n) is 2.04. The molecule has 0 saturated heterocycles. The smallest absolute Gasteiger partial charge is 0.163 e. The van der Waals surface area contributed by atoms with Crippen molar-refractivity contribution in [3.8, 4) is 23.8 Å². The van der Waals surface area contributed by atoms with Gasteiger partial charge >= 0.3 is 0 Å². The van der Waals surface area contributed by atoms with Crippen molar-refractivity contribution >= 4 is 6.29 Å². The first-order chi connectivity index (χ1) is 7.52. The Morgan fingerprint density at radius 1 is 1.38 bits per heavy atom. The summed E-state index contributed by atoms with van der Waals surface area (Å²) in [5.41, 5.74) is -0.182. The monoisotopic (exact) mass is 218 g/mol. The summed E-state index contributed by atoms with van der Waals surface area (Å²) in [5.74, 6) is 3.54. The molecule has 0 aliphatic carbocycles. The Balaban J connectivity index is 3.06. The molecule has 1 rings (SSSR count). The molecule has 0 amide bonds. The minimum atomic E-state index is -0.712. The van der Waals surface area contributed by atoms with Gasteiger partial charge < -0.3 is 9.47 Å². The van der Waals surface area contributed by atoms with Crippen molar-refractivity contribution in [3.63, 3.8) is 0 Å². The SMILES string of the molecule is C#CC(C)(C)Oc1ccc(C=O)cc1OC. The molecular weight excluding hydrogens is 204 g/mol. The Kier molecular flexibility index (Phi) is 3.57. The van der Waals surface area contributed by atoms with Crippen molar-refractivity contribution in [1.29, 1.82) is 0 Å². The number of terminal acetylenes is 1. The molecule has 0 N–H and O–H groups in total. The van der Waals surface area contributed by atoms with Gasteiger partial charge in [0.15, 0.2) is 17.1 Å². The lowest BCUT2D eigenvalue weighted by molar-refractivity contribution is 0.112. The lowest BCUT2D eigenvalue weighted by Crippen LogP contribution is -2.25. The van der Waals surface area contributed by atoms with Crippen molar-refractivity contribution in [2.75, 3.05) is 7.11 Å². The molecule has 16 heavy (non-hydrogen) atoms. The van der Waals surface area contributed by atoms with Gasteiger partial charge in [-0.25, -0.2) is 0 Å². The number of methoxy groups -OCH3 is 1. The van der Waals surface area contributed by atoms with E-state index in [-0.39, 0.29) is 0 Å². The highest BCUT2D eigenvalue weighted by atomic mass is 16.5. The molecule has 1 aromatic carbocycles. The van der Waals surface area contributed by atoms with Gasteiger partial charge in [-0.2, -0.15) is 0 Å². The summed E-state index contributed by atoms with van der Waals surface area (Å²) >= 11 is 0. The van der Waals surface area contributed by atoms with E-state index in [1.807, 2.05) is 0 Å². The molecule has 0 fully saturated rings. The summed E-state index contributed by atoms with van der Waals surface area (Å²) < 4.78 is 10.7. The molecule has 0 aliphatic heterocycles. The molecule has 3 nitrogen and oxygen atoms in total. The normalized spacial score (nSPS) is 10.4. The second-order valence-electron chi connectivity index (χ2n) is 3.78. The van der Waals surface area contributed by atoms with Crippen LogP contribution in [0.5, 0.6) is 11.5 Å². The molecule has 0 bridgehead atoms. The molecule has 84 valence electrons.